The number of carbonyl (C=O) groups excluding carboxylic acids is 2. The van der Waals surface area contributed by atoms with Crippen LogP contribution in [0.15, 0.2) is 12.2 Å². The van der Waals surface area contributed by atoms with E-state index in [0.717, 1.165) is 12.8 Å². The summed E-state index contributed by atoms with van der Waals surface area (Å²) in [5.41, 5.74) is 0.433. The molecule has 0 atom stereocenters. The molecule has 0 heterocycles. The van der Waals surface area contributed by atoms with Gasteiger partial charge in [0, 0.05) is 12.5 Å². The molecule has 0 N–H and O–H groups in total. The molecule has 0 spiro atoms. The van der Waals surface area contributed by atoms with Crippen LogP contribution in [0, 0.1) is 0 Å². The van der Waals surface area contributed by atoms with Crippen LogP contribution in [0.1, 0.15) is 39.5 Å². The van der Waals surface area contributed by atoms with Crippen molar-refractivity contribution in [2.45, 2.75) is 45.6 Å². The van der Waals surface area contributed by atoms with Crippen LogP contribution < -0.4 is 0 Å². The third-order valence-corrected chi connectivity index (χ3v) is 2.17. The Balaban J connectivity index is 0.000000293. The van der Waals surface area contributed by atoms with Crippen molar-refractivity contribution in [3.63, 3.8) is 0 Å². The van der Waals surface area contributed by atoms with Crippen LogP contribution in [0.2, 0.25) is 0 Å². The minimum absolute atomic E-state index is 0.137. The second kappa shape index (κ2) is 7.91. The molecule has 1 saturated carbocycles. The van der Waals surface area contributed by atoms with Gasteiger partial charge in [-0.2, -0.15) is 0 Å². The van der Waals surface area contributed by atoms with Crippen LogP contribution in [0.3, 0.4) is 0 Å². The fourth-order valence-electron chi connectivity index (χ4n) is 1.42. The maximum absolute atomic E-state index is 10.4. The van der Waals surface area contributed by atoms with Gasteiger partial charge in [-0.3, -0.25) is 4.79 Å². The first kappa shape index (κ1) is 14.7. The Morgan fingerprint density at radius 3 is 1.94 bits per heavy atom. The van der Waals surface area contributed by atoms with Crippen molar-refractivity contribution in [2.24, 2.45) is 0 Å². The molecular weight excluding hydrogens is 208 g/mol. The topological polar surface area (TPSA) is 52.6 Å². The molecule has 0 saturated heterocycles. The third kappa shape index (κ3) is 7.04. The highest BCUT2D eigenvalue weighted by atomic mass is 16.5. The van der Waals surface area contributed by atoms with Gasteiger partial charge < -0.3 is 9.47 Å². The van der Waals surface area contributed by atoms with E-state index < -0.39 is 0 Å². The lowest BCUT2D eigenvalue weighted by atomic mass is 10.3. The lowest BCUT2D eigenvalue weighted by molar-refractivity contribution is -0.146. The van der Waals surface area contributed by atoms with Crippen molar-refractivity contribution < 1.29 is 19.1 Å². The van der Waals surface area contributed by atoms with Crippen LogP contribution in [0.25, 0.3) is 0 Å². The van der Waals surface area contributed by atoms with E-state index in [1.54, 1.807) is 6.92 Å². The van der Waals surface area contributed by atoms with Gasteiger partial charge >= 0.3 is 11.9 Å². The predicted octanol–water partition coefficient (Wildman–Crippen LogP) is 2.23. The molecule has 1 fully saturated rings. The largest absolute Gasteiger partial charge is 0.466 e. The van der Waals surface area contributed by atoms with Gasteiger partial charge in [0.1, 0.15) is 6.10 Å². The molecule has 0 radical (unpaired) electrons. The molecular formula is C12H20O4. The zero-order chi connectivity index (χ0) is 12.6. The molecule has 1 aliphatic rings. The van der Waals surface area contributed by atoms with Gasteiger partial charge in [-0.25, -0.2) is 4.79 Å². The van der Waals surface area contributed by atoms with E-state index in [0.29, 0.717) is 5.57 Å². The van der Waals surface area contributed by atoms with Gasteiger partial charge in [0.2, 0.25) is 0 Å². The second-order valence-corrected chi connectivity index (χ2v) is 3.79. The Hall–Kier alpha value is -1.32. The summed E-state index contributed by atoms with van der Waals surface area (Å²) < 4.78 is 9.25. The van der Waals surface area contributed by atoms with Crippen molar-refractivity contribution in [3.05, 3.63) is 12.2 Å². The highest BCUT2D eigenvalue weighted by Crippen LogP contribution is 2.20. The Morgan fingerprint density at radius 1 is 1.19 bits per heavy atom. The molecule has 1 rings (SSSR count). The van der Waals surface area contributed by atoms with E-state index >= 15 is 0 Å². The van der Waals surface area contributed by atoms with Gasteiger partial charge in [0.15, 0.2) is 0 Å². The summed E-state index contributed by atoms with van der Waals surface area (Å²) in [5, 5.41) is 0. The maximum Gasteiger partial charge on any atom is 0.332 e. The summed E-state index contributed by atoms with van der Waals surface area (Å²) in [6.45, 7) is 6.42. The number of hydrogen-bond acceptors (Lipinski definition) is 4. The SMILES string of the molecule is C=C(C)C(=O)OC.CC(=O)OC1CCCC1. The molecule has 16 heavy (non-hydrogen) atoms. The summed E-state index contributed by atoms with van der Waals surface area (Å²) in [7, 11) is 1.33. The van der Waals surface area contributed by atoms with Gasteiger partial charge in [-0.05, 0) is 32.6 Å². The molecule has 0 aromatic heterocycles. The van der Waals surface area contributed by atoms with Crippen LogP contribution in [-0.4, -0.2) is 25.2 Å². The number of hydrogen-bond donors (Lipinski definition) is 0. The number of esters is 2. The van der Waals surface area contributed by atoms with E-state index in [9.17, 15) is 9.59 Å². The highest BCUT2D eigenvalue weighted by Gasteiger charge is 2.16. The van der Waals surface area contributed by atoms with E-state index in [1.807, 2.05) is 0 Å². The summed E-state index contributed by atoms with van der Waals surface area (Å²) in [5.74, 6) is -0.484. The minimum Gasteiger partial charge on any atom is -0.466 e. The van der Waals surface area contributed by atoms with Crippen molar-refractivity contribution in [3.8, 4) is 0 Å². The first-order valence-corrected chi connectivity index (χ1v) is 5.38. The van der Waals surface area contributed by atoms with Gasteiger partial charge in [0.25, 0.3) is 0 Å². The fourth-order valence-corrected chi connectivity index (χ4v) is 1.42. The van der Waals surface area contributed by atoms with E-state index in [1.165, 1.54) is 26.9 Å². The first-order chi connectivity index (χ1) is 7.47. The van der Waals surface area contributed by atoms with Gasteiger partial charge in [0.05, 0.1) is 7.11 Å². The quantitative estimate of drug-likeness (QED) is 0.537. The number of carbonyl (C=O) groups is 2. The maximum atomic E-state index is 10.4. The smallest absolute Gasteiger partial charge is 0.332 e. The fraction of sp³-hybridized carbons (Fsp3) is 0.667. The minimum atomic E-state index is -0.347. The van der Waals surface area contributed by atoms with Crippen molar-refractivity contribution in [1.82, 2.24) is 0 Å². The van der Waals surface area contributed by atoms with Gasteiger partial charge in [-0.15, -0.1) is 0 Å². The molecule has 0 unspecified atom stereocenters. The Morgan fingerprint density at radius 2 is 1.69 bits per heavy atom. The number of ether oxygens (including phenoxy) is 2. The number of methoxy groups -OCH3 is 1. The standard InChI is InChI=1S/C7H12O2.C5H8O2/c1-6(8)9-7-4-2-3-5-7;1-4(2)5(6)7-3/h7H,2-5H2,1H3;1H2,2-3H3. The van der Waals surface area contributed by atoms with E-state index in [-0.39, 0.29) is 18.0 Å². The van der Waals surface area contributed by atoms with Crippen LogP contribution in [-0.2, 0) is 19.1 Å². The first-order valence-electron chi connectivity index (χ1n) is 5.38. The van der Waals surface area contributed by atoms with Crippen LogP contribution in [0.5, 0.6) is 0 Å². The Labute approximate surface area is 96.6 Å². The summed E-state index contributed by atoms with van der Waals surface area (Å²) in [4.78, 5) is 20.6. The van der Waals surface area contributed by atoms with Crippen LogP contribution >= 0.6 is 0 Å². The molecule has 0 bridgehead atoms. The van der Waals surface area contributed by atoms with Crippen LogP contribution in [0.4, 0.5) is 0 Å². The summed E-state index contributed by atoms with van der Waals surface area (Å²) in [6, 6.07) is 0. The molecule has 1 aliphatic carbocycles. The molecule has 4 heteroatoms. The molecule has 0 aliphatic heterocycles. The van der Waals surface area contributed by atoms with Crippen molar-refractivity contribution in [1.29, 1.82) is 0 Å². The Bertz CT molecular complexity index is 252. The second-order valence-electron chi connectivity index (χ2n) is 3.79. The molecule has 92 valence electrons. The zero-order valence-corrected chi connectivity index (χ0v) is 10.2. The zero-order valence-electron chi connectivity index (χ0n) is 10.2. The third-order valence-electron chi connectivity index (χ3n) is 2.17. The predicted molar refractivity (Wildman–Crippen MR) is 60.9 cm³/mol. The average Bonchev–Trinajstić information content (AvgIpc) is 2.69. The normalized spacial score (nSPS) is 14.7. The van der Waals surface area contributed by atoms with E-state index in [4.69, 9.17) is 4.74 Å². The Kier molecular flexibility index (Phi) is 7.25. The number of rotatable bonds is 2. The summed E-state index contributed by atoms with van der Waals surface area (Å²) in [6.07, 6.45) is 4.82. The highest BCUT2D eigenvalue weighted by molar-refractivity contribution is 5.86. The van der Waals surface area contributed by atoms with Crippen molar-refractivity contribution in [2.75, 3.05) is 7.11 Å². The monoisotopic (exact) mass is 228 g/mol. The van der Waals surface area contributed by atoms with Gasteiger partial charge in [-0.1, -0.05) is 6.58 Å². The average molecular weight is 228 g/mol. The lowest BCUT2D eigenvalue weighted by Gasteiger charge is -2.07. The van der Waals surface area contributed by atoms with E-state index in [2.05, 4.69) is 11.3 Å². The molecule has 0 aromatic carbocycles. The molecule has 0 aromatic rings. The summed E-state index contributed by atoms with van der Waals surface area (Å²) >= 11 is 0. The lowest BCUT2D eigenvalue weighted by Crippen LogP contribution is -2.10. The molecule has 0 amide bonds. The van der Waals surface area contributed by atoms with Crippen molar-refractivity contribution >= 4 is 11.9 Å². The molecule has 4 nitrogen and oxygen atoms in total.